The van der Waals surface area contributed by atoms with Crippen LogP contribution in [0, 0.1) is 0 Å². The van der Waals surface area contributed by atoms with E-state index in [2.05, 4.69) is 15.6 Å². The van der Waals surface area contributed by atoms with Crippen LogP contribution in [0.2, 0.25) is 0 Å². The maximum atomic E-state index is 12.0. The Labute approximate surface area is 133 Å². The zero-order valence-electron chi connectivity index (χ0n) is 12.5. The lowest BCUT2D eigenvalue weighted by molar-refractivity contribution is 0.231. The third kappa shape index (κ3) is 3.14. The standard InChI is InChI=1S/C15H18N4O2S/c1-19(2)15-17-10(9-22-15)7-16-14(20)18-12-8-21-13-6-4-3-5-11(12)13/h3-6,9,12H,7-8H2,1-2H3,(H2,16,18,20)/t12-/m1/s1. The Hall–Kier alpha value is -2.28. The lowest BCUT2D eigenvalue weighted by atomic mass is 10.1. The molecule has 116 valence electrons. The minimum Gasteiger partial charge on any atom is -0.491 e. The molecule has 3 rings (SSSR count). The second-order valence-corrected chi connectivity index (χ2v) is 6.08. The number of thiazole rings is 1. The molecule has 1 aromatic heterocycles. The minimum absolute atomic E-state index is 0.107. The molecular formula is C15H18N4O2S. The van der Waals surface area contributed by atoms with Gasteiger partial charge in [-0.1, -0.05) is 18.2 Å². The fourth-order valence-corrected chi connectivity index (χ4v) is 3.00. The third-order valence-corrected chi connectivity index (χ3v) is 4.41. The zero-order chi connectivity index (χ0) is 15.5. The van der Waals surface area contributed by atoms with Gasteiger partial charge in [0.15, 0.2) is 5.13 Å². The summed E-state index contributed by atoms with van der Waals surface area (Å²) in [6.45, 7) is 0.875. The van der Waals surface area contributed by atoms with Crippen molar-refractivity contribution in [2.24, 2.45) is 0 Å². The Morgan fingerprint density at radius 2 is 2.27 bits per heavy atom. The van der Waals surface area contributed by atoms with Crippen LogP contribution in [0.3, 0.4) is 0 Å². The van der Waals surface area contributed by atoms with Crippen molar-refractivity contribution in [1.82, 2.24) is 15.6 Å². The van der Waals surface area contributed by atoms with Gasteiger partial charge in [0.25, 0.3) is 0 Å². The van der Waals surface area contributed by atoms with Gasteiger partial charge in [-0.2, -0.15) is 0 Å². The van der Waals surface area contributed by atoms with Crippen molar-refractivity contribution in [3.63, 3.8) is 0 Å². The molecule has 0 radical (unpaired) electrons. The van der Waals surface area contributed by atoms with Gasteiger partial charge in [0.05, 0.1) is 18.3 Å². The number of rotatable bonds is 4. The lowest BCUT2D eigenvalue weighted by Crippen LogP contribution is -2.38. The van der Waals surface area contributed by atoms with E-state index in [-0.39, 0.29) is 12.1 Å². The molecule has 0 bridgehead atoms. The normalized spacial score (nSPS) is 15.8. The molecule has 0 saturated heterocycles. The highest BCUT2D eigenvalue weighted by Crippen LogP contribution is 2.31. The van der Waals surface area contributed by atoms with Crippen molar-refractivity contribution in [2.75, 3.05) is 25.6 Å². The molecule has 7 heteroatoms. The van der Waals surface area contributed by atoms with Gasteiger partial charge in [-0.3, -0.25) is 0 Å². The molecule has 1 aliphatic heterocycles. The van der Waals surface area contributed by atoms with Crippen molar-refractivity contribution in [3.8, 4) is 5.75 Å². The SMILES string of the molecule is CN(C)c1nc(CNC(=O)N[C@@H]2COc3ccccc32)cs1. The first-order chi connectivity index (χ1) is 10.6. The van der Waals surface area contributed by atoms with Gasteiger partial charge in [-0.25, -0.2) is 9.78 Å². The maximum absolute atomic E-state index is 12.0. The molecule has 0 unspecified atom stereocenters. The van der Waals surface area contributed by atoms with Gasteiger partial charge >= 0.3 is 6.03 Å². The van der Waals surface area contributed by atoms with Crippen LogP contribution in [0.4, 0.5) is 9.93 Å². The smallest absolute Gasteiger partial charge is 0.315 e. The molecule has 0 spiro atoms. The largest absolute Gasteiger partial charge is 0.491 e. The van der Waals surface area contributed by atoms with Gasteiger partial charge in [-0.05, 0) is 6.07 Å². The summed E-state index contributed by atoms with van der Waals surface area (Å²) < 4.78 is 5.55. The summed E-state index contributed by atoms with van der Waals surface area (Å²) in [6.07, 6.45) is 0. The van der Waals surface area contributed by atoms with Crippen LogP contribution < -0.4 is 20.3 Å². The van der Waals surface area contributed by atoms with Gasteiger partial charge < -0.3 is 20.3 Å². The van der Waals surface area contributed by atoms with E-state index in [4.69, 9.17) is 4.74 Å². The number of carbonyl (C=O) groups excluding carboxylic acids is 1. The molecule has 2 amide bonds. The number of para-hydroxylation sites is 1. The maximum Gasteiger partial charge on any atom is 0.315 e. The third-order valence-electron chi connectivity index (χ3n) is 3.36. The fourth-order valence-electron chi connectivity index (χ4n) is 2.25. The number of aromatic nitrogens is 1. The predicted octanol–water partition coefficient (Wildman–Crippen LogP) is 2.14. The van der Waals surface area contributed by atoms with Crippen molar-refractivity contribution in [3.05, 3.63) is 40.9 Å². The van der Waals surface area contributed by atoms with E-state index in [0.717, 1.165) is 22.1 Å². The number of anilines is 1. The van der Waals surface area contributed by atoms with Crippen LogP contribution in [0.5, 0.6) is 5.75 Å². The second kappa shape index (κ2) is 6.23. The van der Waals surface area contributed by atoms with E-state index < -0.39 is 0 Å². The van der Waals surface area contributed by atoms with Gasteiger partial charge in [0.1, 0.15) is 12.4 Å². The summed E-state index contributed by atoms with van der Waals surface area (Å²) in [5, 5.41) is 8.63. The molecule has 6 nitrogen and oxygen atoms in total. The highest BCUT2D eigenvalue weighted by Gasteiger charge is 2.24. The average molecular weight is 318 g/mol. The van der Waals surface area contributed by atoms with E-state index in [9.17, 15) is 4.79 Å². The van der Waals surface area contributed by atoms with E-state index in [0.29, 0.717) is 13.2 Å². The molecule has 1 atom stereocenters. The van der Waals surface area contributed by atoms with E-state index in [1.807, 2.05) is 48.6 Å². The van der Waals surface area contributed by atoms with E-state index in [1.165, 1.54) is 0 Å². The van der Waals surface area contributed by atoms with Crippen molar-refractivity contribution >= 4 is 22.5 Å². The molecule has 0 aliphatic carbocycles. The summed E-state index contributed by atoms with van der Waals surface area (Å²) in [5.41, 5.74) is 1.87. The average Bonchev–Trinajstić information content (AvgIpc) is 3.13. The number of hydrogen-bond donors (Lipinski definition) is 2. The Morgan fingerprint density at radius 3 is 3.05 bits per heavy atom. The van der Waals surface area contributed by atoms with Crippen LogP contribution in [0.1, 0.15) is 17.3 Å². The van der Waals surface area contributed by atoms with Crippen molar-refractivity contribution < 1.29 is 9.53 Å². The van der Waals surface area contributed by atoms with E-state index >= 15 is 0 Å². The molecule has 2 heterocycles. The number of fused-ring (bicyclic) bond motifs is 1. The predicted molar refractivity (Wildman–Crippen MR) is 86.5 cm³/mol. The molecule has 1 aromatic carbocycles. The van der Waals surface area contributed by atoms with Crippen molar-refractivity contribution in [2.45, 2.75) is 12.6 Å². The van der Waals surface area contributed by atoms with Gasteiger partial charge in [0, 0.05) is 25.0 Å². The molecule has 0 saturated carbocycles. The van der Waals surface area contributed by atoms with Crippen LogP contribution in [-0.2, 0) is 6.54 Å². The van der Waals surface area contributed by atoms with E-state index in [1.54, 1.807) is 11.3 Å². The molecular weight excluding hydrogens is 300 g/mol. The van der Waals surface area contributed by atoms with Crippen LogP contribution >= 0.6 is 11.3 Å². The minimum atomic E-state index is -0.218. The fraction of sp³-hybridized carbons (Fsp3) is 0.333. The first-order valence-corrected chi connectivity index (χ1v) is 7.89. The number of hydrogen-bond acceptors (Lipinski definition) is 5. The Balaban J connectivity index is 1.53. The van der Waals surface area contributed by atoms with Crippen LogP contribution in [-0.4, -0.2) is 31.7 Å². The summed E-state index contributed by atoms with van der Waals surface area (Å²) in [4.78, 5) is 18.4. The summed E-state index contributed by atoms with van der Waals surface area (Å²) in [7, 11) is 3.89. The number of nitrogens with zero attached hydrogens (tertiary/aromatic N) is 2. The molecule has 2 aromatic rings. The first-order valence-electron chi connectivity index (χ1n) is 7.01. The Morgan fingerprint density at radius 1 is 1.45 bits per heavy atom. The molecule has 0 fully saturated rings. The summed E-state index contributed by atoms with van der Waals surface area (Å²) in [6, 6.07) is 7.42. The number of benzene rings is 1. The first kappa shape index (κ1) is 14.6. The topological polar surface area (TPSA) is 66.5 Å². The summed E-state index contributed by atoms with van der Waals surface area (Å²) >= 11 is 1.56. The number of nitrogens with one attached hydrogen (secondary N) is 2. The Kier molecular flexibility index (Phi) is 4.15. The van der Waals surface area contributed by atoms with Gasteiger partial charge in [0.2, 0.25) is 0 Å². The number of ether oxygens (including phenoxy) is 1. The zero-order valence-corrected chi connectivity index (χ0v) is 13.3. The number of amides is 2. The van der Waals surface area contributed by atoms with Crippen LogP contribution in [0.15, 0.2) is 29.6 Å². The van der Waals surface area contributed by atoms with Gasteiger partial charge in [-0.15, -0.1) is 11.3 Å². The Bertz CT molecular complexity index is 671. The molecule has 22 heavy (non-hydrogen) atoms. The number of carbonyl (C=O) groups is 1. The lowest BCUT2D eigenvalue weighted by Gasteiger charge is -2.12. The second-order valence-electron chi connectivity index (χ2n) is 5.24. The molecule has 1 aliphatic rings. The quantitative estimate of drug-likeness (QED) is 0.906. The number of urea groups is 1. The monoisotopic (exact) mass is 318 g/mol. The van der Waals surface area contributed by atoms with Crippen LogP contribution in [0.25, 0.3) is 0 Å². The van der Waals surface area contributed by atoms with Crippen molar-refractivity contribution in [1.29, 1.82) is 0 Å². The molecule has 2 N–H and O–H groups in total. The highest BCUT2D eigenvalue weighted by molar-refractivity contribution is 7.13. The highest BCUT2D eigenvalue weighted by atomic mass is 32.1. The summed E-state index contributed by atoms with van der Waals surface area (Å²) in [5.74, 6) is 0.836.